The van der Waals surface area contributed by atoms with Crippen molar-refractivity contribution in [2.24, 2.45) is 5.73 Å². The van der Waals surface area contributed by atoms with Crippen molar-refractivity contribution >= 4 is 23.8 Å². The number of carbonyl (C=O) groups is 4. The standard InChI is InChI=1S/C28H42N4O5/c1-18-13-15-19(16-14-18)24(25(34)30-20-9-6-5-7-10-20)32(21-11-8-12-21)26(35)22(17-23(29)33)31-27(36)37-28(2,3)4/h13-16,20-22,24H,5-12,17H2,1-4H3,(H2,29,33)(H,30,34)(H,31,36). The lowest BCUT2D eigenvalue weighted by Crippen LogP contribution is -2.58. The van der Waals surface area contributed by atoms with Gasteiger partial charge in [-0.1, -0.05) is 49.1 Å². The maximum absolute atomic E-state index is 14.1. The molecule has 9 nitrogen and oxygen atoms in total. The lowest BCUT2D eigenvalue weighted by molar-refractivity contribution is -0.148. The van der Waals surface area contributed by atoms with Crippen LogP contribution in [0.1, 0.15) is 95.7 Å². The topological polar surface area (TPSA) is 131 Å². The molecular formula is C28H42N4O5. The van der Waals surface area contributed by atoms with Crippen LogP contribution in [0.3, 0.4) is 0 Å². The Morgan fingerprint density at radius 1 is 1.00 bits per heavy atom. The second kappa shape index (κ2) is 12.4. The van der Waals surface area contributed by atoms with Crippen LogP contribution in [0.25, 0.3) is 0 Å². The SMILES string of the molecule is Cc1ccc(C(C(=O)NC2CCCCC2)N(C(=O)C(CC(N)=O)NC(=O)OC(C)(C)C)C2CCC2)cc1. The van der Waals surface area contributed by atoms with Gasteiger partial charge in [0.2, 0.25) is 17.7 Å². The van der Waals surface area contributed by atoms with Gasteiger partial charge >= 0.3 is 6.09 Å². The van der Waals surface area contributed by atoms with E-state index in [1.807, 2.05) is 31.2 Å². The lowest BCUT2D eigenvalue weighted by atomic mass is 9.87. The molecule has 2 saturated carbocycles. The van der Waals surface area contributed by atoms with E-state index in [0.29, 0.717) is 5.56 Å². The zero-order valence-electron chi connectivity index (χ0n) is 22.5. The number of nitrogens with two attached hydrogens (primary N) is 1. The Kier molecular flexibility index (Phi) is 9.56. The molecule has 0 heterocycles. The van der Waals surface area contributed by atoms with Gasteiger partial charge in [-0.25, -0.2) is 4.79 Å². The van der Waals surface area contributed by atoms with E-state index in [4.69, 9.17) is 10.5 Å². The van der Waals surface area contributed by atoms with Gasteiger partial charge in [0.15, 0.2) is 0 Å². The molecule has 1 aromatic carbocycles. The van der Waals surface area contributed by atoms with Crippen LogP contribution in [0.2, 0.25) is 0 Å². The smallest absolute Gasteiger partial charge is 0.408 e. The fraction of sp³-hybridized carbons (Fsp3) is 0.643. The van der Waals surface area contributed by atoms with Gasteiger partial charge in [0.05, 0.1) is 6.42 Å². The number of hydrogen-bond donors (Lipinski definition) is 3. The average Bonchev–Trinajstić information content (AvgIpc) is 2.77. The van der Waals surface area contributed by atoms with Crippen molar-refractivity contribution in [1.29, 1.82) is 0 Å². The minimum absolute atomic E-state index is 0.0637. The molecule has 0 radical (unpaired) electrons. The predicted octanol–water partition coefficient (Wildman–Crippen LogP) is 3.63. The van der Waals surface area contributed by atoms with Gasteiger partial charge in [-0.2, -0.15) is 0 Å². The summed E-state index contributed by atoms with van der Waals surface area (Å²) in [5.41, 5.74) is 6.40. The Morgan fingerprint density at radius 3 is 2.14 bits per heavy atom. The molecule has 0 aromatic heterocycles. The third-order valence-corrected chi connectivity index (χ3v) is 6.99. The highest BCUT2D eigenvalue weighted by Gasteiger charge is 2.42. The number of primary amides is 1. The van der Waals surface area contributed by atoms with Gasteiger partial charge < -0.3 is 26.0 Å². The molecule has 0 saturated heterocycles. The number of nitrogens with one attached hydrogen (secondary N) is 2. The van der Waals surface area contributed by atoms with E-state index in [0.717, 1.165) is 56.9 Å². The normalized spacial score (nSPS) is 18.2. The summed E-state index contributed by atoms with van der Waals surface area (Å²) in [6.07, 6.45) is 6.29. The first-order valence-electron chi connectivity index (χ1n) is 13.4. The molecule has 0 bridgehead atoms. The molecule has 2 unspecified atom stereocenters. The molecule has 4 N–H and O–H groups in total. The average molecular weight is 515 g/mol. The second-order valence-electron chi connectivity index (χ2n) is 11.4. The molecule has 204 valence electrons. The summed E-state index contributed by atoms with van der Waals surface area (Å²) in [6, 6.07) is 5.30. The first-order chi connectivity index (χ1) is 17.4. The van der Waals surface area contributed by atoms with Gasteiger partial charge in [0.1, 0.15) is 17.7 Å². The number of rotatable bonds is 9. The molecule has 0 spiro atoms. The largest absolute Gasteiger partial charge is 0.444 e. The monoisotopic (exact) mass is 514 g/mol. The fourth-order valence-electron chi connectivity index (χ4n) is 4.93. The molecule has 2 atom stereocenters. The molecule has 2 aliphatic rings. The maximum atomic E-state index is 14.1. The van der Waals surface area contributed by atoms with Gasteiger partial charge in [0.25, 0.3) is 0 Å². The molecule has 9 heteroatoms. The van der Waals surface area contributed by atoms with Crippen molar-refractivity contribution in [2.75, 3.05) is 0 Å². The Labute approximate surface area is 219 Å². The predicted molar refractivity (Wildman–Crippen MR) is 140 cm³/mol. The second-order valence-corrected chi connectivity index (χ2v) is 11.4. The van der Waals surface area contributed by atoms with Crippen molar-refractivity contribution in [3.8, 4) is 0 Å². The number of benzene rings is 1. The zero-order valence-corrected chi connectivity index (χ0v) is 22.5. The summed E-state index contributed by atoms with van der Waals surface area (Å²) in [4.78, 5) is 53.9. The number of nitrogens with zero attached hydrogens (tertiary/aromatic N) is 1. The molecule has 3 rings (SSSR count). The van der Waals surface area contributed by atoms with Crippen LogP contribution in [-0.2, 0) is 19.1 Å². The number of amides is 4. The van der Waals surface area contributed by atoms with Gasteiger partial charge in [0, 0.05) is 12.1 Å². The third kappa shape index (κ3) is 8.20. The molecule has 0 aliphatic heterocycles. The van der Waals surface area contributed by atoms with Crippen LogP contribution < -0.4 is 16.4 Å². The van der Waals surface area contributed by atoms with Crippen molar-refractivity contribution < 1.29 is 23.9 Å². The zero-order chi connectivity index (χ0) is 27.2. The van der Waals surface area contributed by atoms with Gasteiger partial charge in [-0.05, 0) is 65.4 Å². The van der Waals surface area contributed by atoms with E-state index >= 15 is 0 Å². The quantitative estimate of drug-likeness (QED) is 0.463. The molecular weight excluding hydrogens is 472 g/mol. The number of aryl methyl sites for hydroxylation is 1. The van der Waals surface area contributed by atoms with Crippen LogP contribution in [0.5, 0.6) is 0 Å². The van der Waals surface area contributed by atoms with Crippen LogP contribution in [0.4, 0.5) is 4.79 Å². The highest BCUT2D eigenvalue weighted by atomic mass is 16.6. The lowest BCUT2D eigenvalue weighted by Gasteiger charge is -2.44. The number of alkyl carbamates (subject to hydrolysis) is 1. The maximum Gasteiger partial charge on any atom is 0.408 e. The fourth-order valence-corrected chi connectivity index (χ4v) is 4.93. The van der Waals surface area contributed by atoms with E-state index in [-0.39, 0.29) is 18.0 Å². The van der Waals surface area contributed by atoms with E-state index in [2.05, 4.69) is 10.6 Å². The first-order valence-corrected chi connectivity index (χ1v) is 13.4. The van der Waals surface area contributed by atoms with E-state index in [1.54, 1.807) is 25.7 Å². The summed E-state index contributed by atoms with van der Waals surface area (Å²) in [7, 11) is 0. The molecule has 37 heavy (non-hydrogen) atoms. The number of hydrogen-bond acceptors (Lipinski definition) is 5. The van der Waals surface area contributed by atoms with Crippen LogP contribution >= 0.6 is 0 Å². The van der Waals surface area contributed by atoms with Crippen molar-refractivity contribution in [1.82, 2.24) is 15.5 Å². The van der Waals surface area contributed by atoms with Crippen LogP contribution in [0, 0.1) is 6.92 Å². The molecule has 2 aliphatic carbocycles. The summed E-state index contributed by atoms with van der Waals surface area (Å²) < 4.78 is 5.33. The number of carbonyl (C=O) groups excluding carboxylic acids is 4. The van der Waals surface area contributed by atoms with Crippen LogP contribution in [-0.4, -0.2) is 52.4 Å². The summed E-state index contributed by atoms with van der Waals surface area (Å²) in [6.45, 7) is 7.09. The summed E-state index contributed by atoms with van der Waals surface area (Å²) >= 11 is 0. The van der Waals surface area contributed by atoms with Crippen molar-refractivity contribution in [3.63, 3.8) is 0 Å². The highest BCUT2D eigenvalue weighted by Crippen LogP contribution is 2.34. The highest BCUT2D eigenvalue weighted by molar-refractivity contribution is 5.94. The Morgan fingerprint density at radius 2 is 1.62 bits per heavy atom. The Bertz CT molecular complexity index is 962. The van der Waals surface area contributed by atoms with E-state index in [9.17, 15) is 19.2 Å². The first kappa shape index (κ1) is 28.5. The molecule has 4 amide bonds. The van der Waals surface area contributed by atoms with E-state index in [1.165, 1.54) is 0 Å². The van der Waals surface area contributed by atoms with Crippen molar-refractivity contribution in [2.45, 2.75) is 115 Å². The Balaban J connectivity index is 1.95. The van der Waals surface area contributed by atoms with Crippen LogP contribution in [0.15, 0.2) is 24.3 Å². The minimum Gasteiger partial charge on any atom is -0.444 e. The summed E-state index contributed by atoms with van der Waals surface area (Å²) in [5, 5.41) is 5.72. The Hall–Kier alpha value is -3.10. The van der Waals surface area contributed by atoms with Gasteiger partial charge in [-0.3, -0.25) is 14.4 Å². The number of ether oxygens (including phenoxy) is 1. The third-order valence-electron chi connectivity index (χ3n) is 6.99. The van der Waals surface area contributed by atoms with E-state index < -0.39 is 42.0 Å². The summed E-state index contributed by atoms with van der Waals surface area (Å²) in [5.74, 6) is -1.49. The van der Waals surface area contributed by atoms with Crippen molar-refractivity contribution in [3.05, 3.63) is 35.4 Å². The van der Waals surface area contributed by atoms with Gasteiger partial charge in [-0.15, -0.1) is 0 Å². The molecule has 2 fully saturated rings. The molecule has 1 aromatic rings. The minimum atomic E-state index is -1.25.